The molecular weight excluding hydrogens is 369 g/mol. The van der Waals surface area contributed by atoms with Gasteiger partial charge in [-0.15, -0.1) is 0 Å². The molecule has 148 valence electrons. The molecule has 0 spiro atoms. The number of amides is 1. The van der Waals surface area contributed by atoms with Crippen molar-refractivity contribution in [3.63, 3.8) is 0 Å². The summed E-state index contributed by atoms with van der Waals surface area (Å²) in [5, 5.41) is 3.14. The molecule has 0 saturated heterocycles. The number of halogens is 1. The number of aromatic nitrogens is 2. The SMILES string of the molecule is O=C(NC1CCCCC1)c1cccc(-c2cnc(Oc3ccc(F)cc3)nc2)c1. The van der Waals surface area contributed by atoms with Crippen molar-refractivity contribution >= 4 is 5.91 Å². The molecule has 1 amide bonds. The highest BCUT2D eigenvalue weighted by molar-refractivity contribution is 5.95. The topological polar surface area (TPSA) is 64.1 Å². The third kappa shape index (κ3) is 4.96. The zero-order valence-corrected chi connectivity index (χ0v) is 16.0. The molecule has 0 unspecified atom stereocenters. The molecule has 1 saturated carbocycles. The van der Waals surface area contributed by atoms with Gasteiger partial charge in [-0.3, -0.25) is 4.79 Å². The molecule has 4 rings (SSSR count). The third-order valence-corrected chi connectivity index (χ3v) is 5.05. The first kappa shape index (κ1) is 19.1. The van der Waals surface area contributed by atoms with Crippen molar-refractivity contribution < 1.29 is 13.9 Å². The Labute approximate surface area is 169 Å². The minimum Gasteiger partial charge on any atom is -0.424 e. The maximum Gasteiger partial charge on any atom is 0.321 e. The van der Waals surface area contributed by atoms with Gasteiger partial charge in [-0.2, -0.15) is 0 Å². The molecule has 2 aromatic carbocycles. The zero-order chi connectivity index (χ0) is 20.1. The third-order valence-electron chi connectivity index (χ3n) is 5.05. The van der Waals surface area contributed by atoms with Gasteiger partial charge in [0.05, 0.1) is 0 Å². The van der Waals surface area contributed by atoms with E-state index in [9.17, 15) is 9.18 Å². The molecule has 0 radical (unpaired) electrons. The van der Waals surface area contributed by atoms with Crippen LogP contribution in [-0.4, -0.2) is 21.9 Å². The second kappa shape index (κ2) is 8.82. The molecule has 6 heteroatoms. The molecule has 29 heavy (non-hydrogen) atoms. The summed E-state index contributed by atoms with van der Waals surface area (Å²) in [6.45, 7) is 0. The van der Waals surface area contributed by atoms with Crippen LogP contribution in [0.2, 0.25) is 0 Å². The number of nitrogens with one attached hydrogen (secondary N) is 1. The molecule has 1 fully saturated rings. The summed E-state index contributed by atoms with van der Waals surface area (Å²) in [5.41, 5.74) is 2.26. The van der Waals surface area contributed by atoms with Crippen LogP contribution in [0.5, 0.6) is 11.8 Å². The molecule has 1 aromatic heterocycles. The van der Waals surface area contributed by atoms with Crippen LogP contribution in [0.4, 0.5) is 4.39 Å². The number of carbonyl (C=O) groups excluding carboxylic acids is 1. The van der Waals surface area contributed by atoms with Crippen LogP contribution in [-0.2, 0) is 0 Å². The van der Waals surface area contributed by atoms with Gasteiger partial charge in [-0.05, 0) is 54.8 Å². The van der Waals surface area contributed by atoms with Crippen LogP contribution < -0.4 is 10.1 Å². The highest BCUT2D eigenvalue weighted by Gasteiger charge is 2.17. The van der Waals surface area contributed by atoms with E-state index >= 15 is 0 Å². The smallest absolute Gasteiger partial charge is 0.321 e. The fourth-order valence-electron chi connectivity index (χ4n) is 3.48. The number of ether oxygens (including phenoxy) is 1. The lowest BCUT2D eigenvalue weighted by Gasteiger charge is -2.22. The highest BCUT2D eigenvalue weighted by Crippen LogP contribution is 2.23. The van der Waals surface area contributed by atoms with Crippen LogP contribution in [0, 0.1) is 5.82 Å². The summed E-state index contributed by atoms with van der Waals surface area (Å²) < 4.78 is 18.5. The fourth-order valence-corrected chi connectivity index (χ4v) is 3.48. The zero-order valence-electron chi connectivity index (χ0n) is 16.0. The van der Waals surface area contributed by atoms with Gasteiger partial charge in [0, 0.05) is 29.6 Å². The standard InChI is InChI=1S/C23H22FN3O2/c24-19-9-11-21(12-10-19)29-23-25-14-18(15-26-23)16-5-4-6-17(13-16)22(28)27-20-7-2-1-3-8-20/h4-6,9-15,20H,1-3,7-8H2,(H,27,28). The van der Waals surface area contributed by atoms with Crippen LogP contribution in [0.3, 0.4) is 0 Å². The monoisotopic (exact) mass is 391 g/mol. The molecular formula is C23H22FN3O2. The maximum atomic E-state index is 13.0. The number of benzene rings is 2. The summed E-state index contributed by atoms with van der Waals surface area (Å²) >= 11 is 0. The van der Waals surface area contributed by atoms with E-state index in [0.29, 0.717) is 11.3 Å². The fraction of sp³-hybridized carbons (Fsp3) is 0.261. The normalized spacial score (nSPS) is 14.4. The highest BCUT2D eigenvalue weighted by atomic mass is 19.1. The molecule has 1 aliphatic carbocycles. The van der Waals surface area contributed by atoms with E-state index in [1.807, 2.05) is 24.3 Å². The molecule has 0 aliphatic heterocycles. The lowest BCUT2D eigenvalue weighted by Crippen LogP contribution is -2.36. The maximum absolute atomic E-state index is 13.0. The Balaban J connectivity index is 1.44. The minimum absolute atomic E-state index is 0.0454. The number of hydrogen-bond donors (Lipinski definition) is 1. The lowest BCUT2D eigenvalue weighted by atomic mass is 9.95. The lowest BCUT2D eigenvalue weighted by molar-refractivity contribution is 0.0927. The Morgan fingerprint density at radius 2 is 1.69 bits per heavy atom. The largest absolute Gasteiger partial charge is 0.424 e. The van der Waals surface area contributed by atoms with Crippen LogP contribution >= 0.6 is 0 Å². The summed E-state index contributed by atoms with van der Waals surface area (Å²) in [7, 11) is 0. The Bertz CT molecular complexity index is 968. The van der Waals surface area contributed by atoms with Gasteiger partial charge in [0.1, 0.15) is 11.6 Å². The molecule has 1 heterocycles. The molecule has 1 aliphatic rings. The Morgan fingerprint density at radius 1 is 0.966 bits per heavy atom. The van der Waals surface area contributed by atoms with Crippen molar-refractivity contribution in [1.82, 2.24) is 15.3 Å². The van der Waals surface area contributed by atoms with E-state index in [2.05, 4.69) is 15.3 Å². The van der Waals surface area contributed by atoms with Gasteiger partial charge < -0.3 is 10.1 Å². The van der Waals surface area contributed by atoms with E-state index < -0.39 is 0 Å². The van der Waals surface area contributed by atoms with Gasteiger partial charge in [-0.1, -0.05) is 31.4 Å². The van der Waals surface area contributed by atoms with Crippen molar-refractivity contribution in [3.8, 4) is 22.9 Å². The van der Waals surface area contributed by atoms with Gasteiger partial charge in [-0.25, -0.2) is 14.4 Å². The number of nitrogens with zero attached hydrogens (tertiary/aromatic N) is 2. The van der Waals surface area contributed by atoms with E-state index in [1.54, 1.807) is 12.4 Å². The molecule has 0 bridgehead atoms. The first-order chi connectivity index (χ1) is 14.2. The Kier molecular flexibility index (Phi) is 5.79. The van der Waals surface area contributed by atoms with Crippen molar-refractivity contribution in [2.45, 2.75) is 38.1 Å². The van der Waals surface area contributed by atoms with E-state index in [0.717, 1.165) is 24.0 Å². The van der Waals surface area contributed by atoms with Crippen LogP contribution in [0.15, 0.2) is 60.9 Å². The Morgan fingerprint density at radius 3 is 2.41 bits per heavy atom. The first-order valence-electron chi connectivity index (χ1n) is 9.84. The van der Waals surface area contributed by atoms with E-state index in [-0.39, 0.29) is 23.8 Å². The van der Waals surface area contributed by atoms with Gasteiger partial charge in [0.2, 0.25) is 0 Å². The van der Waals surface area contributed by atoms with Gasteiger partial charge in [0.15, 0.2) is 0 Å². The summed E-state index contributed by atoms with van der Waals surface area (Å²) in [5.74, 6) is 0.0810. The summed E-state index contributed by atoms with van der Waals surface area (Å²) in [4.78, 5) is 21.0. The second-order valence-electron chi connectivity index (χ2n) is 7.20. The minimum atomic E-state index is -0.332. The summed E-state index contributed by atoms with van der Waals surface area (Å²) in [6.07, 6.45) is 8.99. The van der Waals surface area contributed by atoms with Gasteiger partial charge >= 0.3 is 6.01 Å². The first-order valence-corrected chi connectivity index (χ1v) is 9.84. The molecule has 0 atom stereocenters. The van der Waals surface area contributed by atoms with E-state index in [1.165, 1.54) is 43.5 Å². The van der Waals surface area contributed by atoms with Crippen molar-refractivity contribution in [2.75, 3.05) is 0 Å². The van der Waals surface area contributed by atoms with Crippen molar-refractivity contribution in [3.05, 3.63) is 72.3 Å². The van der Waals surface area contributed by atoms with Crippen LogP contribution in [0.1, 0.15) is 42.5 Å². The number of carbonyl (C=O) groups is 1. The quantitative estimate of drug-likeness (QED) is 0.654. The van der Waals surface area contributed by atoms with E-state index in [4.69, 9.17) is 4.74 Å². The Hall–Kier alpha value is -3.28. The molecule has 5 nitrogen and oxygen atoms in total. The van der Waals surface area contributed by atoms with Crippen LogP contribution in [0.25, 0.3) is 11.1 Å². The molecule has 1 N–H and O–H groups in total. The summed E-state index contributed by atoms with van der Waals surface area (Å²) in [6, 6.07) is 13.5. The van der Waals surface area contributed by atoms with Gasteiger partial charge in [0.25, 0.3) is 5.91 Å². The average molecular weight is 391 g/mol. The predicted octanol–water partition coefficient (Wildman–Crippen LogP) is 5.14. The average Bonchev–Trinajstić information content (AvgIpc) is 2.77. The van der Waals surface area contributed by atoms with Crippen molar-refractivity contribution in [2.24, 2.45) is 0 Å². The number of rotatable bonds is 5. The molecule has 3 aromatic rings. The van der Waals surface area contributed by atoms with Crippen molar-refractivity contribution in [1.29, 1.82) is 0 Å². The number of hydrogen-bond acceptors (Lipinski definition) is 4. The second-order valence-corrected chi connectivity index (χ2v) is 7.20. The predicted molar refractivity (Wildman–Crippen MR) is 108 cm³/mol.